The third kappa shape index (κ3) is 6.78. The molecule has 1 aromatic heterocycles. The van der Waals surface area contributed by atoms with Gasteiger partial charge in [-0.15, -0.1) is 0 Å². The Labute approximate surface area is 185 Å². The van der Waals surface area contributed by atoms with Gasteiger partial charge in [-0.05, 0) is 37.8 Å². The minimum Gasteiger partial charge on any atom is -0.394 e. The molecular formula is C23H28F3N3O3. The monoisotopic (exact) mass is 451 g/mol. The lowest BCUT2D eigenvalue weighted by Gasteiger charge is -2.24. The molecule has 2 amide bonds. The maximum atomic E-state index is 12.9. The van der Waals surface area contributed by atoms with Crippen LogP contribution in [0.25, 0.3) is 16.5 Å². The highest BCUT2D eigenvalue weighted by Gasteiger charge is 2.39. The third-order valence-electron chi connectivity index (χ3n) is 5.06. The van der Waals surface area contributed by atoms with Crippen molar-refractivity contribution in [2.24, 2.45) is 5.92 Å². The van der Waals surface area contributed by atoms with Gasteiger partial charge in [0.05, 0.1) is 23.6 Å². The predicted octanol–water partition coefficient (Wildman–Crippen LogP) is 3.80. The van der Waals surface area contributed by atoms with E-state index in [0.29, 0.717) is 17.5 Å². The van der Waals surface area contributed by atoms with Crippen LogP contribution < -0.4 is 5.32 Å². The van der Waals surface area contributed by atoms with E-state index in [0.717, 1.165) is 22.9 Å². The molecule has 2 unspecified atom stereocenters. The van der Waals surface area contributed by atoms with Crippen molar-refractivity contribution < 1.29 is 27.9 Å². The van der Waals surface area contributed by atoms with E-state index in [4.69, 9.17) is 5.11 Å². The average Bonchev–Trinajstić information content (AvgIpc) is 2.78. The van der Waals surface area contributed by atoms with Gasteiger partial charge >= 0.3 is 6.18 Å². The first-order chi connectivity index (χ1) is 15.1. The summed E-state index contributed by atoms with van der Waals surface area (Å²) in [6.07, 6.45) is 0.100. The molecule has 1 aliphatic carbocycles. The summed E-state index contributed by atoms with van der Waals surface area (Å²) in [6, 6.07) is 6.82. The number of rotatable bonds is 5. The predicted molar refractivity (Wildman–Crippen MR) is 117 cm³/mol. The number of halogens is 3. The van der Waals surface area contributed by atoms with E-state index < -0.39 is 12.1 Å². The quantitative estimate of drug-likeness (QED) is 0.678. The fraction of sp³-hybridized carbons (Fsp3) is 0.435. The lowest BCUT2D eigenvalue weighted by Crippen LogP contribution is -2.35. The number of aliphatic hydroxyl groups excluding tert-OH is 1. The van der Waals surface area contributed by atoms with Crippen LogP contribution in [0.2, 0.25) is 0 Å². The number of aliphatic hydroxyl groups is 1. The van der Waals surface area contributed by atoms with Crippen LogP contribution in [0, 0.1) is 5.92 Å². The topological polar surface area (TPSA) is 82.5 Å². The van der Waals surface area contributed by atoms with E-state index in [2.05, 4.69) is 10.3 Å². The van der Waals surface area contributed by atoms with Crippen LogP contribution in [0.3, 0.4) is 0 Å². The molecule has 2 N–H and O–H groups in total. The van der Waals surface area contributed by atoms with Gasteiger partial charge in [-0.3, -0.25) is 14.6 Å². The maximum absolute atomic E-state index is 12.9. The Morgan fingerprint density at radius 1 is 1.38 bits per heavy atom. The second-order valence-electron chi connectivity index (χ2n) is 7.97. The Kier molecular flexibility index (Phi) is 8.77. The molecule has 0 radical (unpaired) electrons. The Hall–Kier alpha value is -2.94. The molecule has 0 aliphatic heterocycles. The highest BCUT2D eigenvalue weighted by molar-refractivity contribution is 5.99. The van der Waals surface area contributed by atoms with E-state index in [1.165, 1.54) is 11.1 Å². The standard InChI is InChI=1S/C20H21F3N2O2.C3H7NO/c1-12(11-26)25-19(27)15-9-14-3-2-4-17(18(14)24-10-15)13-5-7-16(8-6-13)20(21,22)23;1-4(2)3-5/h2-5,9-10,12,16,26H,6-8,11H2,1H3,(H,25,27);3H,1-2H3. The number of carbonyl (C=O) groups is 2. The van der Waals surface area contributed by atoms with Crippen LogP contribution >= 0.6 is 0 Å². The van der Waals surface area contributed by atoms with Gasteiger partial charge in [-0.1, -0.05) is 24.3 Å². The highest BCUT2D eigenvalue weighted by atomic mass is 19.4. The number of allylic oxidation sites excluding steroid dienone is 2. The molecule has 32 heavy (non-hydrogen) atoms. The zero-order valence-corrected chi connectivity index (χ0v) is 18.3. The Bertz CT molecular complexity index is 974. The van der Waals surface area contributed by atoms with Crippen molar-refractivity contribution in [1.29, 1.82) is 0 Å². The second kappa shape index (κ2) is 11.1. The minimum atomic E-state index is -4.16. The molecule has 174 valence electrons. The molecule has 2 atom stereocenters. The van der Waals surface area contributed by atoms with Gasteiger partial charge in [0.25, 0.3) is 5.91 Å². The van der Waals surface area contributed by atoms with E-state index in [1.807, 2.05) is 18.2 Å². The largest absolute Gasteiger partial charge is 0.394 e. The number of benzene rings is 1. The van der Waals surface area contributed by atoms with E-state index in [9.17, 15) is 22.8 Å². The Morgan fingerprint density at radius 3 is 2.59 bits per heavy atom. The SMILES string of the molecule is CC(CO)NC(=O)c1cnc2c(C3=CCC(C(F)(F)F)CC3)cccc2c1.CN(C)C=O. The number of carbonyl (C=O) groups excluding carboxylic acids is 2. The number of hydrogen-bond acceptors (Lipinski definition) is 4. The molecule has 0 spiro atoms. The average molecular weight is 451 g/mol. The van der Waals surface area contributed by atoms with Crippen molar-refractivity contribution in [2.45, 2.75) is 38.4 Å². The van der Waals surface area contributed by atoms with Crippen molar-refractivity contribution in [3.05, 3.63) is 47.7 Å². The summed E-state index contributed by atoms with van der Waals surface area (Å²) < 4.78 is 38.6. The first-order valence-electron chi connectivity index (χ1n) is 10.2. The van der Waals surface area contributed by atoms with Gasteiger partial charge in [-0.2, -0.15) is 13.2 Å². The fourth-order valence-corrected chi connectivity index (χ4v) is 3.27. The summed E-state index contributed by atoms with van der Waals surface area (Å²) in [7, 11) is 3.38. The normalized spacial score (nSPS) is 17.0. The molecule has 0 saturated carbocycles. The summed E-state index contributed by atoms with van der Waals surface area (Å²) in [4.78, 5) is 27.5. The zero-order valence-electron chi connectivity index (χ0n) is 18.3. The number of nitrogens with zero attached hydrogens (tertiary/aromatic N) is 2. The van der Waals surface area contributed by atoms with E-state index >= 15 is 0 Å². The summed E-state index contributed by atoms with van der Waals surface area (Å²) in [6.45, 7) is 1.53. The van der Waals surface area contributed by atoms with E-state index in [-0.39, 0.29) is 31.4 Å². The molecule has 2 aromatic rings. The number of alkyl halides is 3. The fourth-order valence-electron chi connectivity index (χ4n) is 3.27. The second-order valence-corrected chi connectivity index (χ2v) is 7.97. The molecular weight excluding hydrogens is 423 g/mol. The van der Waals surface area contributed by atoms with E-state index in [1.54, 1.807) is 33.2 Å². The van der Waals surface area contributed by atoms with Gasteiger partial charge in [-0.25, -0.2) is 0 Å². The van der Waals surface area contributed by atoms with Gasteiger partial charge in [0, 0.05) is 37.3 Å². The van der Waals surface area contributed by atoms with Crippen LogP contribution in [0.4, 0.5) is 13.2 Å². The van der Waals surface area contributed by atoms with Gasteiger partial charge < -0.3 is 15.3 Å². The molecule has 6 nitrogen and oxygen atoms in total. The maximum Gasteiger partial charge on any atom is 0.392 e. The first kappa shape index (κ1) is 25.3. The first-order valence-corrected chi connectivity index (χ1v) is 10.2. The van der Waals surface area contributed by atoms with Crippen LogP contribution in [0.15, 0.2) is 36.5 Å². The van der Waals surface area contributed by atoms with Gasteiger partial charge in [0.15, 0.2) is 0 Å². The minimum absolute atomic E-state index is 0.0191. The third-order valence-corrected chi connectivity index (χ3v) is 5.06. The number of para-hydroxylation sites is 1. The lowest BCUT2D eigenvalue weighted by atomic mass is 9.85. The van der Waals surface area contributed by atoms with Crippen LogP contribution in [0.5, 0.6) is 0 Å². The van der Waals surface area contributed by atoms with Crippen LogP contribution in [-0.2, 0) is 4.79 Å². The molecule has 1 aromatic carbocycles. The summed E-state index contributed by atoms with van der Waals surface area (Å²) in [5, 5.41) is 12.5. The molecule has 0 saturated heterocycles. The molecule has 0 fully saturated rings. The summed E-state index contributed by atoms with van der Waals surface area (Å²) in [5.74, 6) is -1.62. The molecule has 1 aliphatic rings. The number of nitrogens with one attached hydrogen (secondary N) is 1. The van der Waals surface area contributed by atoms with Crippen molar-refractivity contribution >= 4 is 28.8 Å². The molecule has 3 rings (SSSR count). The summed E-state index contributed by atoms with van der Waals surface area (Å²) >= 11 is 0. The van der Waals surface area contributed by atoms with Crippen molar-refractivity contribution in [1.82, 2.24) is 15.2 Å². The number of hydrogen-bond donors (Lipinski definition) is 2. The van der Waals surface area contributed by atoms with Crippen molar-refractivity contribution in [2.75, 3.05) is 20.7 Å². The van der Waals surface area contributed by atoms with Crippen LogP contribution in [0.1, 0.15) is 42.1 Å². The lowest BCUT2D eigenvalue weighted by molar-refractivity contribution is -0.175. The Morgan fingerprint density at radius 2 is 2.06 bits per heavy atom. The molecule has 1 heterocycles. The Balaban J connectivity index is 0.000000654. The molecule has 9 heteroatoms. The van der Waals surface area contributed by atoms with Crippen molar-refractivity contribution in [3.63, 3.8) is 0 Å². The molecule has 0 bridgehead atoms. The number of pyridine rings is 1. The smallest absolute Gasteiger partial charge is 0.392 e. The number of aromatic nitrogens is 1. The van der Waals surface area contributed by atoms with Gasteiger partial charge in [0.1, 0.15) is 0 Å². The van der Waals surface area contributed by atoms with Crippen molar-refractivity contribution in [3.8, 4) is 0 Å². The summed E-state index contributed by atoms with van der Waals surface area (Å²) in [5.41, 5.74) is 2.71. The zero-order chi connectivity index (χ0) is 23.9. The van der Waals surface area contributed by atoms with Crippen LogP contribution in [-0.4, -0.2) is 60.2 Å². The van der Waals surface area contributed by atoms with Gasteiger partial charge in [0.2, 0.25) is 6.41 Å². The number of amides is 2. The highest BCUT2D eigenvalue weighted by Crippen LogP contribution is 2.40. The number of fused-ring (bicyclic) bond motifs is 1.